The normalized spacial score (nSPS) is 29.2. The Kier molecular flexibility index (Phi) is 6.72. The summed E-state index contributed by atoms with van der Waals surface area (Å²) in [5.74, 6) is -0.536. The van der Waals surface area contributed by atoms with Crippen LogP contribution in [0.4, 0.5) is 4.39 Å². The minimum Gasteiger partial charge on any atom is -0.388 e. The number of ether oxygens (including phenoxy) is 3. The van der Waals surface area contributed by atoms with Crippen molar-refractivity contribution in [3.8, 4) is 11.3 Å². The van der Waals surface area contributed by atoms with Crippen molar-refractivity contribution in [1.82, 2.24) is 20.0 Å². The third-order valence-electron chi connectivity index (χ3n) is 5.63. The number of fused-ring (bicyclic) bond motifs is 1. The third-order valence-corrected chi connectivity index (χ3v) is 7.48. The van der Waals surface area contributed by atoms with Gasteiger partial charge in [0.2, 0.25) is 0 Å². The molecule has 4 unspecified atom stereocenters. The van der Waals surface area contributed by atoms with Crippen LogP contribution in [0.15, 0.2) is 52.2 Å². The van der Waals surface area contributed by atoms with E-state index >= 15 is 0 Å². The van der Waals surface area contributed by atoms with Crippen LogP contribution in [0.3, 0.4) is 0 Å². The highest BCUT2D eigenvalue weighted by Gasteiger charge is 2.54. The van der Waals surface area contributed by atoms with Crippen molar-refractivity contribution in [1.29, 1.82) is 0 Å². The number of aromatic nitrogens is 4. The summed E-state index contributed by atoms with van der Waals surface area (Å²) in [6.45, 7) is 0.141. The molecule has 33 heavy (non-hydrogen) atoms. The number of rotatable bonds is 5. The SMILES string of the molecule is COC1C(n2cc(-c3ccc(Cl)c(F)c3)nn2)[C@H]2OCC(O)C2O[C@@H]1Sc1cncc(Br)c1. The summed E-state index contributed by atoms with van der Waals surface area (Å²) in [6.07, 6.45) is 2.79. The van der Waals surface area contributed by atoms with E-state index in [1.54, 1.807) is 36.4 Å². The van der Waals surface area contributed by atoms with Crippen LogP contribution in [0.2, 0.25) is 5.02 Å². The molecule has 1 aromatic carbocycles. The van der Waals surface area contributed by atoms with Crippen LogP contribution >= 0.6 is 39.3 Å². The lowest BCUT2D eigenvalue weighted by atomic mass is 9.96. The predicted octanol–water partition coefficient (Wildman–Crippen LogP) is 3.73. The Balaban J connectivity index is 1.49. The van der Waals surface area contributed by atoms with Gasteiger partial charge in [0.05, 0.1) is 17.8 Å². The number of halogens is 3. The molecule has 8 nitrogen and oxygen atoms in total. The molecule has 5 rings (SSSR count). The second-order valence-corrected chi connectivity index (χ2v) is 10.2. The van der Waals surface area contributed by atoms with E-state index in [2.05, 4.69) is 31.2 Å². The smallest absolute Gasteiger partial charge is 0.142 e. The van der Waals surface area contributed by atoms with E-state index in [1.165, 1.54) is 23.9 Å². The van der Waals surface area contributed by atoms with Gasteiger partial charge in [-0.05, 0) is 34.1 Å². The molecule has 12 heteroatoms. The molecule has 1 N–H and O–H groups in total. The average Bonchev–Trinajstić information content (AvgIpc) is 3.42. The molecule has 3 aromatic rings. The Morgan fingerprint density at radius 2 is 2.15 bits per heavy atom. The van der Waals surface area contributed by atoms with Gasteiger partial charge < -0.3 is 19.3 Å². The van der Waals surface area contributed by atoms with Crippen LogP contribution in [-0.4, -0.2) is 68.7 Å². The van der Waals surface area contributed by atoms with E-state index in [-0.39, 0.29) is 11.6 Å². The molecule has 174 valence electrons. The van der Waals surface area contributed by atoms with Crippen LogP contribution in [0.5, 0.6) is 0 Å². The maximum Gasteiger partial charge on any atom is 0.142 e. The summed E-state index contributed by atoms with van der Waals surface area (Å²) in [7, 11) is 1.59. The molecule has 6 atom stereocenters. The van der Waals surface area contributed by atoms with Gasteiger partial charge in [-0.1, -0.05) is 34.6 Å². The Hall–Kier alpha value is -1.60. The maximum atomic E-state index is 14.0. The first-order chi connectivity index (χ1) is 15.9. The van der Waals surface area contributed by atoms with Crippen LogP contribution in [0, 0.1) is 5.82 Å². The van der Waals surface area contributed by atoms with Crippen LogP contribution in [0.1, 0.15) is 6.04 Å². The van der Waals surface area contributed by atoms with Crippen molar-refractivity contribution in [2.24, 2.45) is 0 Å². The molecule has 2 aliphatic rings. The zero-order chi connectivity index (χ0) is 23.1. The minimum atomic E-state index is -0.785. The molecule has 0 saturated carbocycles. The Morgan fingerprint density at radius 1 is 1.30 bits per heavy atom. The number of hydrogen-bond donors (Lipinski definition) is 1. The zero-order valence-corrected chi connectivity index (χ0v) is 20.4. The number of aliphatic hydroxyl groups excluding tert-OH is 1. The van der Waals surface area contributed by atoms with E-state index in [9.17, 15) is 9.50 Å². The average molecular weight is 558 g/mol. The van der Waals surface area contributed by atoms with Gasteiger partial charge in [-0.15, -0.1) is 5.10 Å². The van der Waals surface area contributed by atoms with Crippen LogP contribution < -0.4 is 0 Å². The lowest BCUT2D eigenvalue weighted by Gasteiger charge is -2.43. The molecule has 0 amide bonds. The van der Waals surface area contributed by atoms with Gasteiger partial charge in [0.1, 0.15) is 47.4 Å². The standard InChI is InChI=1S/C21H19BrClFN4O4S/c1-30-20-17(28-8-15(26-27-28)10-2-3-13(23)14(24)4-10)19-18(16(29)9-31-19)32-21(20)33-12-5-11(22)6-25-7-12/h2-8,16-21,29H,9H2,1H3/t16?,17?,18?,19-,20?,21-/m1/s1. The molecule has 0 bridgehead atoms. The second kappa shape index (κ2) is 9.57. The Morgan fingerprint density at radius 3 is 2.91 bits per heavy atom. The van der Waals surface area contributed by atoms with Gasteiger partial charge in [0, 0.05) is 34.4 Å². The molecule has 0 spiro atoms. The number of hydrogen-bond acceptors (Lipinski definition) is 8. The largest absolute Gasteiger partial charge is 0.388 e. The second-order valence-electron chi connectivity index (χ2n) is 7.69. The number of thioether (sulfide) groups is 1. The zero-order valence-electron chi connectivity index (χ0n) is 17.2. The fourth-order valence-electron chi connectivity index (χ4n) is 4.11. The van der Waals surface area contributed by atoms with Gasteiger partial charge in [-0.3, -0.25) is 4.98 Å². The summed E-state index contributed by atoms with van der Waals surface area (Å²) in [4.78, 5) is 5.08. The maximum absolute atomic E-state index is 14.0. The minimum absolute atomic E-state index is 0.0353. The highest BCUT2D eigenvalue weighted by Crippen LogP contribution is 2.43. The van der Waals surface area contributed by atoms with Crippen molar-refractivity contribution in [2.45, 2.75) is 40.8 Å². The quantitative estimate of drug-likeness (QED) is 0.508. The molecule has 2 aliphatic heterocycles. The molecule has 0 aliphatic carbocycles. The van der Waals surface area contributed by atoms with Crippen molar-refractivity contribution < 1.29 is 23.7 Å². The van der Waals surface area contributed by atoms with Gasteiger partial charge in [-0.2, -0.15) is 0 Å². The fourth-order valence-corrected chi connectivity index (χ4v) is 5.92. The molecule has 2 saturated heterocycles. The third kappa shape index (κ3) is 4.55. The van der Waals surface area contributed by atoms with E-state index in [4.69, 9.17) is 25.8 Å². The molecule has 0 radical (unpaired) electrons. The van der Waals surface area contributed by atoms with E-state index in [0.717, 1.165) is 9.37 Å². The monoisotopic (exact) mass is 556 g/mol. The van der Waals surface area contributed by atoms with Gasteiger partial charge in [-0.25, -0.2) is 9.07 Å². The molecular weight excluding hydrogens is 539 g/mol. The number of benzene rings is 1. The number of aliphatic hydroxyl groups is 1. The topological polar surface area (TPSA) is 91.5 Å². The molecule has 2 fully saturated rings. The van der Waals surface area contributed by atoms with E-state index < -0.39 is 41.7 Å². The summed E-state index contributed by atoms with van der Waals surface area (Å²) in [5.41, 5.74) is 0.538. The summed E-state index contributed by atoms with van der Waals surface area (Å²) < 4.78 is 34.4. The van der Waals surface area contributed by atoms with Crippen molar-refractivity contribution in [3.63, 3.8) is 0 Å². The summed E-state index contributed by atoms with van der Waals surface area (Å²) in [5, 5.41) is 19.0. The highest BCUT2D eigenvalue weighted by atomic mass is 79.9. The predicted molar refractivity (Wildman–Crippen MR) is 122 cm³/mol. The van der Waals surface area contributed by atoms with Gasteiger partial charge >= 0.3 is 0 Å². The number of methoxy groups -OCH3 is 1. The molecule has 2 aromatic heterocycles. The Bertz CT molecular complexity index is 1160. The Labute approximate surface area is 206 Å². The first-order valence-electron chi connectivity index (χ1n) is 10.1. The van der Waals surface area contributed by atoms with Crippen molar-refractivity contribution >= 4 is 39.3 Å². The van der Waals surface area contributed by atoms with E-state index in [1.807, 2.05) is 6.07 Å². The molecular formula is C21H19BrClFN4O4S. The van der Waals surface area contributed by atoms with Gasteiger partial charge in [0.25, 0.3) is 0 Å². The van der Waals surface area contributed by atoms with E-state index in [0.29, 0.717) is 11.3 Å². The van der Waals surface area contributed by atoms with Crippen LogP contribution in [0.25, 0.3) is 11.3 Å². The number of pyridine rings is 1. The lowest BCUT2D eigenvalue weighted by molar-refractivity contribution is -0.170. The highest BCUT2D eigenvalue weighted by molar-refractivity contribution is 9.10. The molecule has 4 heterocycles. The van der Waals surface area contributed by atoms with Crippen molar-refractivity contribution in [3.05, 3.63) is 58.2 Å². The van der Waals surface area contributed by atoms with Crippen molar-refractivity contribution in [2.75, 3.05) is 13.7 Å². The fraction of sp³-hybridized carbons (Fsp3) is 0.381. The van der Waals surface area contributed by atoms with Crippen LogP contribution in [-0.2, 0) is 14.2 Å². The first kappa shape index (κ1) is 23.2. The van der Waals surface area contributed by atoms with Gasteiger partial charge in [0.15, 0.2) is 0 Å². The summed E-state index contributed by atoms with van der Waals surface area (Å²) >= 11 is 10.7. The lowest BCUT2D eigenvalue weighted by Crippen LogP contribution is -2.55. The first-order valence-corrected chi connectivity index (χ1v) is 12.1. The summed E-state index contributed by atoms with van der Waals surface area (Å²) in [6, 6.07) is 5.95. The number of nitrogens with zero attached hydrogens (tertiary/aromatic N) is 4.